The van der Waals surface area contributed by atoms with Crippen molar-refractivity contribution in [1.29, 1.82) is 0 Å². The van der Waals surface area contributed by atoms with Gasteiger partial charge in [0.25, 0.3) is 11.8 Å². The highest BCUT2D eigenvalue weighted by atomic mass is 16.2. The Kier molecular flexibility index (Phi) is 9.03. The molecule has 2 amide bonds. The molecule has 0 bridgehead atoms. The normalized spacial score (nSPS) is 11.3. The van der Waals surface area contributed by atoms with Crippen molar-refractivity contribution in [3.8, 4) is 11.1 Å². The van der Waals surface area contributed by atoms with Crippen molar-refractivity contribution in [2.45, 2.75) is 0 Å². The maximum absolute atomic E-state index is 13.5. The van der Waals surface area contributed by atoms with Gasteiger partial charge in [0.2, 0.25) is 0 Å². The molecule has 0 radical (unpaired) electrons. The van der Waals surface area contributed by atoms with Crippen LogP contribution in [0.2, 0.25) is 0 Å². The van der Waals surface area contributed by atoms with Gasteiger partial charge in [0.05, 0.1) is 0 Å². The van der Waals surface area contributed by atoms with Crippen LogP contribution in [-0.4, -0.2) is 17.6 Å². The zero-order chi connectivity index (χ0) is 31.7. The number of ketones is 1. The molecule has 0 aliphatic carbocycles. The Hall–Kier alpha value is -6.33. The van der Waals surface area contributed by atoms with Crippen molar-refractivity contribution >= 4 is 46.2 Å². The van der Waals surface area contributed by atoms with Gasteiger partial charge in [-0.15, -0.1) is 0 Å². The van der Waals surface area contributed by atoms with E-state index in [1.54, 1.807) is 60.7 Å². The lowest BCUT2D eigenvalue weighted by molar-refractivity contribution is -0.113. The molecule has 0 atom stereocenters. The summed E-state index contributed by atoms with van der Waals surface area (Å²) in [6.07, 6.45) is 5.00. The van der Waals surface area contributed by atoms with Gasteiger partial charge in [0.15, 0.2) is 5.78 Å². The SMILES string of the molecule is O=C(Nc1ccc(C(=O)/C=C/c2ccc(-c3ccccc3)cc2)cc1)/C(=C/c1cccc2ccccc12)NC(=O)c1ccccc1. The first-order valence-electron chi connectivity index (χ1n) is 14.9. The Morgan fingerprint density at radius 1 is 0.543 bits per heavy atom. The molecule has 6 rings (SSSR count). The summed E-state index contributed by atoms with van der Waals surface area (Å²) >= 11 is 0. The summed E-state index contributed by atoms with van der Waals surface area (Å²) in [6.45, 7) is 0. The lowest BCUT2D eigenvalue weighted by Crippen LogP contribution is -2.30. The maximum atomic E-state index is 13.5. The molecule has 46 heavy (non-hydrogen) atoms. The van der Waals surface area contributed by atoms with Crippen molar-refractivity contribution in [3.05, 3.63) is 186 Å². The van der Waals surface area contributed by atoms with Gasteiger partial charge in [0, 0.05) is 16.8 Å². The largest absolute Gasteiger partial charge is 0.321 e. The third-order valence-corrected chi connectivity index (χ3v) is 7.52. The second kappa shape index (κ2) is 14.0. The van der Waals surface area contributed by atoms with Crippen LogP contribution >= 0.6 is 0 Å². The molecule has 0 aliphatic rings. The number of hydrogen-bond acceptors (Lipinski definition) is 3. The van der Waals surface area contributed by atoms with Crippen molar-refractivity contribution < 1.29 is 14.4 Å². The highest BCUT2D eigenvalue weighted by Crippen LogP contribution is 2.22. The molecule has 2 N–H and O–H groups in total. The molecule has 0 heterocycles. The third-order valence-electron chi connectivity index (χ3n) is 7.52. The fraction of sp³-hybridized carbons (Fsp3) is 0. The summed E-state index contributed by atoms with van der Waals surface area (Å²) in [7, 11) is 0. The predicted molar refractivity (Wildman–Crippen MR) is 186 cm³/mol. The highest BCUT2D eigenvalue weighted by Gasteiger charge is 2.16. The minimum absolute atomic E-state index is 0.0894. The summed E-state index contributed by atoms with van der Waals surface area (Å²) in [5, 5.41) is 7.62. The van der Waals surface area contributed by atoms with Crippen molar-refractivity contribution in [1.82, 2.24) is 5.32 Å². The Bertz CT molecular complexity index is 2060. The first kappa shape index (κ1) is 29.7. The van der Waals surface area contributed by atoms with Gasteiger partial charge in [-0.25, -0.2) is 0 Å². The van der Waals surface area contributed by atoms with E-state index in [0.717, 1.165) is 33.0 Å². The van der Waals surface area contributed by atoms with E-state index in [9.17, 15) is 14.4 Å². The van der Waals surface area contributed by atoms with Gasteiger partial charge < -0.3 is 10.6 Å². The van der Waals surface area contributed by atoms with Crippen LogP contribution in [0.25, 0.3) is 34.1 Å². The predicted octanol–water partition coefficient (Wildman–Crippen LogP) is 8.81. The maximum Gasteiger partial charge on any atom is 0.272 e. The summed E-state index contributed by atoms with van der Waals surface area (Å²) in [5.41, 5.74) is 5.44. The monoisotopic (exact) mass is 598 g/mol. The molecule has 0 saturated heterocycles. The molecule has 0 spiro atoms. The van der Waals surface area contributed by atoms with E-state index in [0.29, 0.717) is 16.8 Å². The number of anilines is 1. The standard InChI is InChI=1S/C41H30N2O3/c44-39(27-20-29-18-21-31(22-19-29)30-10-3-1-4-11-30)33-23-25-36(26-24-33)42-41(46)38(43-40(45)34-13-5-2-6-14-34)28-35-16-9-15-32-12-7-8-17-37(32)35/h1-28H,(H,42,46)(H,43,45)/b27-20+,38-28-. The number of rotatable bonds is 9. The number of hydrogen-bond donors (Lipinski definition) is 2. The first-order chi connectivity index (χ1) is 22.5. The number of allylic oxidation sites excluding steroid dienone is 1. The number of nitrogens with one attached hydrogen (secondary N) is 2. The molecule has 222 valence electrons. The Balaban J connectivity index is 1.17. The Morgan fingerprint density at radius 3 is 1.91 bits per heavy atom. The second-order valence-corrected chi connectivity index (χ2v) is 10.7. The number of amides is 2. The summed E-state index contributed by atoms with van der Waals surface area (Å²) < 4.78 is 0. The molecule has 5 heteroatoms. The number of carbonyl (C=O) groups is 3. The summed E-state index contributed by atoms with van der Waals surface area (Å²) in [5.74, 6) is -1.04. The van der Waals surface area contributed by atoms with Gasteiger partial charge >= 0.3 is 0 Å². The molecule has 0 unspecified atom stereocenters. The van der Waals surface area contributed by atoms with E-state index in [1.807, 2.05) is 91.0 Å². The molecule has 0 saturated carbocycles. The van der Waals surface area contributed by atoms with E-state index < -0.39 is 11.8 Å². The quantitative estimate of drug-likeness (QED) is 0.129. The average Bonchev–Trinajstić information content (AvgIpc) is 3.11. The molecule has 6 aromatic rings. The molecule has 6 aromatic carbocycles. The molecular formula is C41H30N2O3. The van der Waals surface area contributed by atoms with Crippen LogP contribution in [-0.2, 0) is 4.79 Å². The fourth-order valence-corrected chi connectivity index (χ4v) is 5.08. The topological polar surface area (TPSA) is 75.3 Å². The van der Waals surface area contributed by atoms with Crippen LogP contribution in [0.15, 0.2) is 163 Å². The fourth-order valence-electron chi connectivity index (χ4n) is 5.08. The minimum atomic E-state index is -0.491. The van der Waals surface area contributed by atoms with Gasteiger partial charge in [-0.1, -0.05) is 121 Å². The second-order valence-electron chi connectivity index (χ2n) is 10.7. The summed E-state index contributed by atoms with van der Waals surface area (Å²) in [4.78, 5) is 39.5. The van der Waals surface area contributed by atoms with E-state index in [-0.39, 0.29) is 11.5 Å². The van der Waals surface area contributed by atoms with Crippen molar-refractivity contribution in [3.63, 3.8) is 0 Å². The van der Waals surface area contributed by atoms with E-state index in [4.69, 9.17) is 0 Å². The number of fused-ring (bicyclic) bond motifs is 1. The molecule has 5 nitrogen and oxygen atoms in total. The average molecular weight is 599 g/mol. The summed E-state index contributed by atoms with van der Waals surface area (Å²) in [6, 6.07) is 47.2. The lowest BCUT2D eigenvalue weighted by atomic mass is 10.0. The van der Waals surface area contributed by atoms with Crippen LogP contribution < -0.4 is 10.6 Å². The van der Waals surface area contributed by atoms with Crippen LogP contribution in [0.5, 0.6) is 0 Å². The number of benzene rings is 6. The molecular weight excluding hydrogens is 568 g/mol. The van der Waals surface area contributed by atoms with Gasteiger partial charge in [0.1, 0.15) is 5.70 Å². The first-order valence-corrected chi connectivity index (χ1v) is 14.9. The third kappa shape index (κ3) is 7.24. The van der Waals surface area contributed by atoms with E-state index in [2.05, 4.69) is 22.8 Å². The zero-order valence-electron chi connectivity index (χ0n) is 24.9. The van der Waals surface area contributed by atoms with Crippen LogP contribution in [0.1, 0.15) is 31.8 Å². The molecule has 0 fully saturated rings. The lowest BCUT2D eigenvalue weighted by Gasteiger charge is -2.12. The smallest absolute Gasteiger partial charge is 0.272 e. The highest BCUT2D eigenvalue weighted by molar-refractivity contribution is 6.12. The van der Waals surface area contributed by atoms with Crippen molar-refractivity contribution in [2.24, 2.45) is 0 Å². The van der Waals surface area contributed by atoms with Crippen LogP contribution in [0.3, 0.4) is 0 Å². The van der Waals surface area contributed by atoms with Crippen LogP contribution in [0.4, 0.5) is 5.69 Å². The van der Waals surface area contributed by atoms with E-state index >= 15 is 0 Å². The Morgan fingerprint density at radius 2 is 1.17 bits per heavy atom. The molecule has 0 aliphatic heterocycles. The molecule has 0 aromatic heterocycles. The van der Waals surface area contributed by atoms with Gasteiger partial charge in [-0.2, -0.15) is 0 Å². The van der Waals surface area contributed by atoms with Gasteiger partial charge in [-0.05, 0) is 81.6 Å². The van der Waals surface area contributed by atoms with Crippen LogP contribution in [0, 0.1) is 0 Å². The van der Waals surface area contributed by atoms with Crippen molar-refractivity contribution in [2.75, 3.05) is 5.32 Å². The van der Waals surface area contributed by atoms with Gasteiger partial charge in [-0.3, -0.25) is 14.4 Å². The van der Waals surface area contributed by atoms with E-state index in [1.165, 1.54) is 6.08 Å². The zero-order valence-corrected chi connectivity index (χ0v) is 24.9. The minimum Gasteiger partial charge on any atom is -0.321 e. The number of carbonyl (C=O) groups excluding carboxylic acids is 3. The Labute approximate surface area is 267 Å².